The summed E-state index contributed by atoms with van der Waals surface area (Å²) < 4.78 is 4.92. The molecule has 0 aliphatic carbocycles. The largest absolute Gasteiger partial charge is 0.478 e. The lowest BCUT2D eigenvalue weighted by atomic mass is 10.3. The number of hydrogen-bond acceptors (Lipinski definition) is 4. The van der Waals surface area contributed by atoms with Gasteiger partial charge in [0.25, 0.3) is 0 Å². The molecule has 18 heavy (non-hydrogen) atoms. The first-order valence-corrected chi connectivity index (χ1v) is 6.28. The van der Waals surface area contributed by atoms with E-state index < -0.39 is 12.1 Å². The number of ether oxygens (including phenoxy) is 1. The van der Waals surface area contributed by atoms with Crippen LogP contribution in [0.5, 0.6) is 0 Å². The lowest BCUT2D eigenvalue weighted by Gasteiger charge is -2.08. The number of carboxylic acid groups (broad SMARTS) is 1. The van der Waals surface area contributed by atoms with Crippen LogP contribution in [0.15, 0.2) is 17.5 Å². The van der Waals surface area contributed by atoms with E-state index in [-0.39, 0.29) is 6.10 Å². The quantitative estimate of drug-likeness (QED) is 0.805. The lowest BCUT2D eigenvalue weighted by molar-refractivity contribution is -0.131. The van der Waals surface area contributed by atoms with Crippen LogP contribution in [0.3, 0.4) is 0 Å². The van der Waals surface area contributed by atoms with Gasteiger partial charge in [0.05, 0.1) is 12.6 Å². The average Bonchev–Trinajstić information content (AvgIpc) is 2.70. The van der Waals surface area contributed by atoms with Crippen molar-refractivity contribution in [2.24, 2.45) is 0 Å². The van der Waals surface area contributed by atoms with Crippen LogP contribution in [-0.2, 0) is 16.1 Å². The summed E-state index contributed by atoms with van der Waals surface area (Å²) in [6.45, 7) is 3.93. The van der Waals surface area contributed by atoms with Crippen LogP contribution in [0.25, 0.3) is 6.08 Å². The van der Waals surface area contributed by atoms with Crippen LogP contribution in [-0.4, -0.2) is 23.3 Å². The molecule has 0 aliphatic rings. The third-order valence-corrected chi connectivity index (χ3v) is 2.80. The van der Waals surface area contributed by atoms with Gasteiger partial charge >= 0.3 is 12.1 Å². The third-order valence-electron chi connectivity index (χ3n) is 1.84. The number of rotatable bonds is 5. The molecular weight excluding hydrogens is 254 g/mol. The van der Waals surface area contributed by atoms with Gasteiger partial charge in [0.2, 0.25) is 0 Å². The summed E-state index contributed by atoms with van der Waals surface area (Å²) in [5.41, 5.74) is 0.802. The number of hydrogen-bond donors (Lipinski definition) is 2. The van der Waals surface area contributed by atoms with E-state index in [1.54, 1.807) is 13.8 Å². The van der Waals surface area contributed by atoms with E-state index in [9.17, 15) is 9.59 Å². The highest BCUT2D eigenvalue weighted by molar-refractivity contribution is 7.10. The van der Waals surface area contributed by atoms with E-state index >= 15 is 0 Å². The molecule has 1 aromatic heterocycles. The monoisotopic (exact) mass is 269 g/mol. The average molecular weight is 269 g/mol. The Morgan fingerprint density at radius 1 is 1.56 bits per heavy atom. The highest BCUT2D eigenvalue weighted by Gasteiger charge is 2.05. The molecule has 0 aromatic carbocycles. The molecule has 1 rings (SSSR count). The van der Waals surface area contributed by atoms with Gasteiger partial charge in [-0.3, -0.25) is 0 Å². The van der Waals surface area contributed by atoms with E-state index in [1.165, 1.54) is 17.4 Å². The molecule has 98 valence electrons. The predicted molar refractivity (Wildman–Crippen MR) is 69.4 cm³/mol. The zero-order chi connectivity index (χ0) is 13.5. The molecule has 6 heteroatoms. The van der Waals surface area contributed by atoms with Crippen molar-refractivity contribution in [1.82, 2.24) is 5.32 Å². The number of thiophene rings is 1. The summed E-state index contributed by atoms with van der Waals surface area (Å²) in [5.74, 6) is -0.985. The molecule has 2 N–H and O–H groups in total. The smallest absolute Gasteiger partial charge is 0.407 e. The Labute approximate surface area is 109 Å². The Kier molecular flexibility index (Phi) is 5.38. The molecule has 0 spiro atoms. The molecule has 1 heterocycles. The number of carboxylic acids is 1. The number of nitrogens with one attached hydrogen (secondary N) is 1. The van der Waals surface area contributed by atoms with Crippen molar-refractivity contribution in [2.45, 2.75) is 26.5 Å². The van der Waals surface area contributed by atoms with Crippen LogP contribution in [0.2, 0.25) is 0 Å². The Bertz CT molecular complexity index is 451. The van der Waals surface area contributed by atoms with Crippen LogP contribution in [0, 0.1) is 0 Å². The van der Waals surface area contributed by atoms with Crippen molar-refractivity contribution in [3.63, 3.8) is 0 Å². The summed E-state index contributed by atoms with van der Waals surface area (Å²) in [4.78, 5) is 22.5. The molecular formula is C12H15NO4S. The van der Waals surface area contributed by atoms with E-state index in [1.807, 2.05) is 11.4 Å². The fraction of sp³-hybridized carbons (Fsp3) is 0.333. The van der Waals surface area contributed by atoms with Gasteiger partial charge in [-0.1, -0.05) is 0 Å². The normalized spacial score (nSPS) is 10.8. The number of amides is 1. The van der Waals surface area contributed by atoms with Gasteiger partial charge in [0, 0.05) is 11.0 Å². The van der Waals surface area contributed by atoms with E-state index in [0.29, 0.717) is 6.54 Å². The number of carbonyl (C=O) groups excluding carboxylic acids is 1. The molecule has 0 unspecified atom stereocenters. The van der Waals surface area contributed by atoms with Gasteiger partial charge in [-0.25, -0.2) is 9.59 Å². The van der Waals surface area contributed by atoms with Crippen molar-refractivity contribution < 1.29 is 19.4 Å². The van der Waals surface area contributed by atoms with Gasteiger partial charge in [-0.05, 0) is 36.9 Å². The molecule has 0 radical (unpaired) electrons. The summed E-state index contributed by atoms with van der Waals surface area (Å²) >= 11 is 1.45. The molecule has 5 nitrogen and oxygen atoms in total. The Morgan fingerprint density at radius 3 is 2.89 bits per heavy atom. The number of aliphatic carboxylic acids is 1. The summed E-state index contributed by atoms with van der Waals surface area (Å²) in [6.07, 6.45) is 1.98. The summed E-state index contributed by atoms with van der Waals surface area (Å²) in [5, 5.41) is 12.9. The second-order valence-corrected chi connectivity index (χ2v) is 4.82. The molecule has 0 fully saturated rings. The van der Waals surface area contributed by atoms with Gasteiger partial charge in [0.15, 0.2) is 0 Å². The van der Waals surface area contributed by atoms with Gasteiger partial charge in [0.1, 0.15) is 0 Å². The minimum Gasteiger partial charge on any atom is -0.478 e. The zero-order valence-corrected chi connectivity index (χ0v) is 11.0. The van der Waals surface area contributed by atoms with Crippen LogP contribution >= 0.6 is 11.3 Å². The lowest BCUT2D eigenvalue weighted by Crippen LogP contribution is -2.25. The molecule has 1 aromatic rings. The highest BCUT2D eigenvalue weighted by Crippen LogP contribution is 2.15. The van der Waals surface area contributed by atoms with E-state index in [0.717, 1.165) is 16.5 Å². The molecule has 0 atom stereocenters. The second-order valence-electron chi connectivity index (χ2n) is 3.83. The van der Waals surface area contributed by atoms with Gasteiger partial charge in [-0.15, -0.1) is 11.3 Å². The van der Waals surface area contributed by atoms with Crippen molar-refractivity contribution >= 4 is 29.5 Å². The molecule has 0 aliphatic heterocycles. The van der Waals surface area contributed by atoms with Crippen LogP contribution in [0.4, 0.5) is 4.79 Å². The van der Waals surface area contributed by atoms with Crippen molar-refractivity contribution in [3.8, 4) is 0 Å². The Hall–Kier alpha value is -1.82. The van der Waals surface area contributed by atoms with Gasteiger partial charge in [-0.2, -0.15) is 0 Å². The first-order chi connectivity index (χ1) is 8.47. The van der Waals surface area contributed by atoms with Crippen molar-refractivity contribution in [3.05, 3.63) is 28.0 Å². The Balaban J connectivity index is 2.44. The van der Waals surface area contributed by atoms with Crippen molar-refractivity contribution in [2.75, 3.05) is 0 Å². The fourth-order valence-electron chi connectivity index (χ4n) is 1.16. The summed E-state index contributed by atoms with van der Waals surface area (Å²) in [6, 6.07) is 1.82. The molecule has 1 amide bonds. The minimum absolute atomic E-state index is 0.151. The second kappa shape index (κ2) is 6.80. The van der Waals surface area contributed by atoms with Crippen molar-refractivity contribution in [1.29, 1.82) is 0 Å². The Morgan fingerprint density at radius 2 is 2.28 bits per heavy atom. The molecule has 0 saturated carbocycles. The highest BCUT2D eigenvalue weighted by atomic mass is 32.1. The first kappa shape index (κ1) is 14.2. The zero-order valence-electron chi connectivity index (χ0n) is 10.2. The predicted octanol–water partition coefficient (Wildman–Crippen LogP) is 2.48. The van der Waals surface area contributed by atoms with E-state index in [2.05, 4.69) is 5.32 Å². The van der Waals surface area contributed by atoms with Crippen LogP contribution < -0.4 is 5.32 Å². The summed E-state index contributed by atoms with van der Waals surface area (Å²) in [7, 11) is 0. The maximum Gasteiger partial charge on any atom is 0.407 e. The minimum atomic E-state index is -0.985. The number of alkyl carbamates (subject to hydrolysis) is 1. The topological polar surface area (TPSA) is 75.6 Å². The standard InChI is InChI=1S/C12H15NO4S/c1-8(2)17-12(16)13-6-10-5-9(7-18-10)3-4-11(14)15/h3-5,7-8H,6H2,1-2H3,(H,13,16)(H,14,15). The number of carbonyl (C=O) groups is 2. The third kappa shape index (κ3) is 5.49. The fourth-order valence-corrected chi connectivity index (χ4v) is 1.95. The van der Waals surface area contributed by atoms with Crippen LogP contribution in [0.1, 0.15) is 24.3 Å². The maximum atomic E-state index is 11.2. The van der Waals surface area contributed by atoms with E-state index in [4.69, 9.17) is 9.84 Å². The molecule has 0 bridgehead atoms. The SMILES string of the molecule is CC(C)OC(=O)NCc1cc(C=CC(=O)O)cs1. The molecule has 0 saturated heterocycles. The first-order valence-electron chi connectivity index (χ1n) is 5.40. The maximum absolute atomic E-state index is 11.2. The van der Waals surface area contributed by atoms with Gasteiger partial charge < -0.3 is 15.2 Å².